The Kier molecular flexibility index (Phi) is 9.27. The zero-order chi connectivity index (χ0) is 31.4. The number of ketones is 1. The van der Waals surface area contributed by atoms with Crippen LogP contribution in [0.2, 0.25) is 0 Å². The second-order valence-corrected chi connectivity index (χ2v) is 13.5. The molecule has 3 aromatic rings. The van der Waals surface area contributed by atoms with Crippen LogP contribution in [0.3, 0.4) is 0 Å². The Morgan fingerprint density at radius 1 is 1.18 bits per heavy atom. The van der Waals surface area contributed by atoms with Gasteiger partial charge in [-0.1, -0.05) is 67.3 Å². The van der Waals surface area contributed by atoms with Gasteiger partial charge >= 0.3 is 0 Å². The summed E-state index contributed by atoms with van der Waals surface area (Å²) in [6, 6.07) is 17.5. The molecule has 12 heteroatoms. The first-order valence-corrected chi connectivity index (χ1v) is 15.9. The third-order valence-electron chi connectivity index (χ3n) is 7.62. The van der Waals surface area contributed by atoms with E-state index in [-0.39, 0.29) is 34.3 Å². The molecule has 3 N–H and O–H groups in total. The highest BCUT2D eigenvalue weighted by atomic mass is 32.2. The van der Waals surface area contributed by atoms with Gasteiger partial charge in [-0.3, -0.25) is 14.5 Å². The number of thioether (sulfide) groups is 1. The van der Waals surface area contributed by atoms with E-state index in [9.17, 15) is 14.9 Å². The van der Waals surface area contributed by atoms with Crippen molar-refractivity contribution in [2.75, 3.05) is 31.4 Å². The van der Waals surface area contributed by atoms with Crippen LogP contribution in [0.4, 0.5) is 5.13 Å². The molecule has 0 saturated heterocycles. The molecule has 1 amide bonds. The number of amides is 1. The number of nitriles is 1. The highest BCUT2D eigenvalue weighted by molar-refractivity contribution is 8.01. The van der Waals surface area contributed by atoms with Gasteiger partial charge in [-0.05, 0) is 42.0 Å². The number of nitrogens with two attached hydrogens (primary N) is 1. The zero-order valence-corrected chi connectivity index (χ0v) is 26.7. The molecule has 0 saturated carbocycles. The quantitative estimate of drug-likeness (QED) is 0.296. The highest BCUT2D eigenvalue weighted by Crippen LogP contribution is 2.52. The van der Waals surface area contributed by atoms with Crippen molar-refractivity contribution >= 4 is 39.9 Å². The van der Waals surface area contributed by atoms with Crippen LogP contribution in [-0.2, 0) is 16.0 Å². The van der Waals surface area contributed by atoms with Crippen LogP contribution in [0, 0.1) is 16.7 Å². The summed E-state index contributed by atoms with van der Waals surface area (Å²) in [6.45, 7) is 4.60. The van der Waals surface area contributed by atoms with Crippen molar-refractivity contribution in [1.29, 1.82) is 5.26 Å². The number of allylic oxidation sites excluding steroid dienone is 3. The van der Waals surface area contributed by atoms with Crippen molar-refractivity contribution in [2.24, 2.45) is 11.1 Å². The zero-order valence-electron chi connectivity index (χ0n) is 25.0. The number of aromatic nitrogens is 2. The first-order chi connectivity index (χ1) is 21.2. The molecule has 1 unspecified atom stereocenters. The Labute approximate surface area is 264 Å². The lowest BCUT2D eigenvalue weighted by Crippen LogP contribution is -2.42. The van der Waals surface area contributed by atoms with Gasteiger partial charge in [0, 0.05) is 29.8 Å². The number of carbonyl (C=O) groups excluding carboxylic acids is 2. The molecule has 2 aromatic carbocycles. The number of carbonyl (C=O) groups is 2. The van der Waals surface area contributed by atoms with Crippen molar-refractivity contribution in [3.05, 3.63) is 82.3 Å². The minimum Gasteiger partial charge on any atom is -0.497 e. The predicted octanol–water partition coefficient (Wildman–Crippen LogP) is 4.95. The molecule has 0 fully saturated rings. The summed E-state index contributed by atoms with van der Waals surface area (Å²) in [4.78, 5) is 28.1. The van der Waals surface area contributed by atoms with Crippen molar-refractivity contribution in [1.82, 2.24) is 15.5 Å². The van der Waals surface area contributed by atoms with Gasteiger partial charge in [-0.25, -0.2) is 0 Å². The Morgan fingerprint density at radius 3 is 2.66 bits per heavy atom. The molecule has 1 aliphatic heterocycles. The molecule has 1 atom stereocenters. The smallest absolute Gasteiger partial charge is 0.230 e. The maximum atomic E-state index is 13.9. The lowest BCUT2D eigenvalue weighted by atomic mass is 9.68. The Hall–Kier alpha value is -4.34. The third-order valence-corrected chi connectivity index (χ3v) is 9.66. The fourth-order valence-corrected chi connectivity index (χ4v) is 7.33. The van der Waals surface area contributed by atoms with Crippen molar-refractivity contribution in [3.63, 3.8) is 0 Å². The van der Waals surface area contributed by atoms with E-state index in [1.165, 1.54) is 23.1 Å². The van der Waals surface area contributed by atoms with Gasteiger partial charge in [0.05, 0.1) is 37.5 Å². The molecule has 1 aromatic heterocycles. The van der Waals surface area contributed by atoms with Crippen molar-refractivity contribution < 1.29 is 19.1 Å². The summed E-state index contributed by atoms with van der Waals surface area (Å²) < 4.78 is 11.7. The molecule has 228 valence electrons. The number of benzene rings is 2. The SMILES string of the molecule is COc1ccc(OC)c(C2C(C#N)=C(N)N(c3nnc(SCC(=O)NCCc4ccccc4)s3)C3=C2C(=O)CC(C)(C)C3)c1. The van der Waals surface area contributed by atoms with Gasteiger partial charge in [0.25, 0.3) is 0 Å². The number of ether oxygens (including phenoxy) is 2. The molecule has 0 spiro atoms. The summed E-state index contributed by atoms with van der Waals surface area (Å²) >= 11 is 2.53. The van der Waals surface area contributed by atoms with E-state index in [0.29, 0.717) is 57.2 Å². The van der Waals surface area contributed by atoms with Crippen molar-refractivity contribution in [3.8, 4) is 17.6 Å². The van der Waals surface area contributed by atoms with E-state index in [1.54, 1.807) is 37.3 Å². The van der Waals surface area contributed by atoms with Gasteiger partial charge in [-0.15, -0.1) is 10.2 Å². The Balaban J connectivity index is 1.44. The van der Waals surface area contributed by atoms with E-state index in [2.05, 4.69) is 21.6 Å². The highest BCUT2D eigenvalue weighted by Gasteiger charge is 2.46. The first kappa shape index (κ1) is 31.1. The molecule has 1 aliphatic carbocycles. The van der Waals surface area contributed by atoms with E-state index >= 15 is 0 Å². The molecular weight excluding hydrogens is 597 g/mol. The molecule has 2 aliphatic rings. The number of anilines is 1. The number of rotatable bonds is 10. The second-order valence-electron chi connectivity index (χ2n) is 11.3. The Morgan fingerprint density at radius 2 is 1.95 bits per heavy atom. The number of methoxy groups -OCH3 is 2. The third kappa shape index (κ3) is 6.44. The molecule has 0 radical (unpaired) electrons. The summed E-state index contributed by atoms with van der Waals surface area (Å²) in [5.74, 6) is 0.536. The number of nitrogens with one attached hydrogen (secondary N) is 1. The van der Waals surface area contributed by atoms with Gasteiger partial charge in [0.15, 0.2) is 10.1 Å². The Bertz CT molecular complexity index is 1680. The number of hydrogen-bond acceptors (Lipinski definition) is 11. The average Bonchev–Trinajstić information content (AvgIpc) is 3.47. The maximum absolute atomic E-state index is 13.9. The summed E-state index contributed by atoms with van der Waals surface area (Å²) in [7, 11) is 3.10. The topological polar surface area (TPSA) is 143 Å². The molecule has 44 heavy (non-hydrogen) atoms. The van der Waals surface area contributed by atoms with Crippen LogP contribution in [-0.4, -0.2) is 48.4 Å². The van der Waals surface area contributed by atoms with E-state index in [4.69, 9.17) is 15.2 Å². The van der Waals surface area contributed by atoms with Crippen LogP contribution in [0.15, 0.2) is 75.5 Å². The standard InChI is InChI=1S/C32H34N6O4S2/c1-32(2)15-23-28(24(39)16-32)27(21-14-20(41-3)10-11-25(21)42-4)22(17-33)29(34)38(23)30-36-37-31(44-30)43-18-26(40)35-13-12-19-8-6-5-7-9-19/h5-11,14,27H,12-13,15-16,18,34H2,1-4H3,(H,35,40). The van der Waals surface area contributed by atoms with Crippen LogP contribution in [0.5, 0.6) is 11.5 Å². The number of nitrogens with zero attached hydrogens (tertiary/aromatic N) is 4. The van der Waals surface area contributed by atoms with Gasteiger partial charge < -0.3 is 20.5 Å². The van der Waals surface area contributed by atoms with Crippen LogP contribution < -0.4 is 25.4 Å². The van der Waals surface area contributed by atoms with Crippen molar-refractivity contribution in [2.45, 2.75) is 43.4 Å². The minimum absolute atomic E-state index is 0.0670. The van der Waals surface area contributed by atoms with E-state index < -0.39 is 5.92 Å². The number of Topliss-reactive ketones (excluding diaryl/α,β-unsaturated/α-hetero) is 1. The monoisotopic (exact) mass is 630 g/mol. The minimum atomic E-state index is -0.735. The van der Waals surface area contributed by atoms with Crippen LogP contribution >= 0.6 is 23.1 Å². The van der Waals surface area contributed by atoms with Gasteiger partial charge in [0.2, 0.25) is 11.0 Å². The molecule has 2 heterocycles. The second kappa shape index (κ2) is 13.1. The van der Waals surface area contributed by atoms with E-state index in [1.807, 2.05) is 44.2 Å². The number of hydrogen-bond donors (Lipinski definition) is 2. The normalized spacial score (nSPS) is 17.7. The fourth-order valence-electron chi connectivity index (χ4n) is 5.62. The van der Waals surface area contributed by atoms with Gasteiger partial charge in [-0.2, -0.15) is 5.26 Å². The summed E-state index contributed by atoms with van der Waals surface area (Å²) in [5, 5.41) is 22.5. The van der Waals surface area contributed by atoms with Gasteiger partial charge in [0.1, 0.15) is 17.3 Å². The molecule has 0 bridgehead atoms. The molecular formula is C32H34N6O4S2. The summed E-state index contributed by atoms with van der Waals surface area (Å²) in [5.41, 5.74) is 9.59. The van der Waals surface area contributed by atoms with Crippen LogP contribution in [0.25, 0.3) is 0 Å². The molecule has 10 nitrogen and oxygen atoms in total. The largest absolute Gasteiger partial charge is 0.497 e. The predicted molar refractivity (Wildman–Crippen MR) is 170 cm³/mol. The first-order valence-electron chi connectivity index (χ1n) is 14.1. The average molecular weight is 631 g/mol. The molecule has 5 rings (SSSR count). The lowest BCUT2D eigenvalue weighted by molar-refractivity contribution is -0.119. The maximum Gasteiger partial charge on any atom is 0.230 e. The fraction of sp³-hybridized carbons (Fsp3) is 0.344. The summed E-state index contributed by atoms with van der Waals surface area (Å²) in [6.07, 6.45) is 1.59. The lowest BCUT2D eigenvalue weighted by Gasteiger charge is -2.42. The van der Waals surface area contributed by atoms with Crippen LogP contribution in [0.1, 0.15) is 43.7 Å². The van der Waals surface area contributed by atoms with E-state index in [0.717, 1.165) is 12.0 Å².